The minimum absolute atomic E-state index is 0.600. The molecule has 3 rings (SSSR count). The second-order valence-electron chi connectivity index (χ2n) is 6.57. The van der Waals surface area contributed by atoms with E-state index in [4.69, 9.17) is 4.74 Å². The number of para-hydroxylation sites is 2. The first kappa shape index (κ1) is 18.2. The molecule has 0 saturated carbocycles. The van der Waals surface area contributed by atoms with Crippen LogP contribution in [0.25, 0.3) is 0 Å². The van der Waals surface area contributed by atoms with Crippen molar-refractivity contribution in [3.8, 4) is 5.75 Å². The molecule has 0 amide bonds. The van der Waals surface area contributed by atoms with E-state index in [2.05, 4.69) is 49.6 Å². The lowest BCUT2D eigenvalue weighted by Gasteiger charge is -2.21. The number of hydrogen-bond donors (Lipinski definition) is 2. The SMILES string of the molecule is CN=C(NCCn1cccc1)NCC1CCN(c2ccccc2OC)C1. The number of nitrogens with one attached hydrogen (secondary N) is 2. The average molecular weight is 355 g/mol. The Morgan fingerprint density at radius 3 is 2.77 bits per heavy atom. The Bertz CT molecular complexity index is 698. The molecule has 0 aliphatic carbocycles. The predicted octanol–water partition coefficient (Wildman–Crippen LogP) is 2.19. The molecule has 1 aliphatic heterocycles. The summed E-state index contributed by atoms with van der Waals surface area (Å²) < 4.78 is 7.65. The number of anilines is 1. The van der Waals surface area contributed by atoms with Gasteiger partial charge in [-0.2, -0.15) is 0 Å². The van der Waals surface area contributed by atoms with Crippen LogP contribution in [0.5, 0.6) is 5.75 Å². The number of methoxy groups -OCH3 is 1. The summed E-state index contributed by atoms with van der Waals surface area (Å²) in [7, 11) is 3.55. The van der Waals surface area contributed by atoms with Crippen molar-refractivity contribution in [2.75, 3.05) is 45.2 Å². The maximum absolute atomic E-state index is 5.50. The highest BCUT2D eigenvalue weighted by atomic mass is 16.5. The van der Waals surface area contributed by atoms with Crippen molar-refractivity contribution in [1.29, 1.82) is 0 Å². The summed E-state index contributed by atoms with van der Waals surface area (Å²) in [6, 6.07) is 12.3. The van der Waals surface area contributed by atoms with Gasteiger partial charge >= 0.3 is 0 Å². The van der Waals surface area contributed by atoms with Crippen LogP contribution in [0, 0.1) is 5.92 Å². The van der Waals surface area contributed by atoms with Gasteiger partial charge in [-0.1, -0.05) is 12.1 Å². The predicted molar refractivity (Wildman–Crippen MR) is 107 cm³/mol. The molecule has 2 heterocycles. The van der Waals surface area contributed by atoms with Gasteiger partial charge in [0.1, 0.15) is 5.75 Å². The van der Waals surface area contributed by atoms with Gasteiger partial charge in [0.25, 0.3) is 0 Å². The number of rotatable bonds is 7. The fourth-order valence-corrected chi connectivity index (χ4v) is 3.39. The molecule has 0 bridgehead atoms. The van der Waals surface area contributed by atoms with Crippen LogP contribution in [-0.2, 0) is 6.54 Å². The number of hydrogen-bond acceptors (Lipinski definition) is 3. The fraction of sp³-hybridized carbons (Fsp3) is 0.450. The normalized spacial score (nSPS) is 17.4. The lowest BCUT2D eigenvalue weighted by molar-refractivity contribution is 0.414. The summed E-state index contributed by atoms with van der Waals surface area (Å²) in [5.74, 6) is 2.42. The van der Waals surface area contributed by atoms with E-state index in [1.54, 1.807) is 7.11 Å². The molecule has 1 aliphatic rings. The molecule has 1 atom stereocenters. The molecule has 1 aromatic carbocycles. The molecule has 1 unspecified atom stereocenters. The Balaban J connectivity index is 1.43. The summed E-state index contributed by atoms with van der Waals surface area (Å²) in [6.45, 7) is 4.81. The first-order chi connectivity index (χ1) is 12.8. The number of nitrogens with zero attached hydrogens (tertiary/aromatic N) is 3. The van der Waals surface area contributed by atoms with Gasteiger partial charge in [0.15, 0.2) is 5.96 Å². The highest BCUT2D eigenvalue weighted by Crippen LogP contribution is 2.31. The molecule has 0 spiro atoms. The second kappa shape index (κ2) is 9.17. The topological polar surface area (TPSA) is 53.8 Å². The third kappa shape index (κ3) is 4.71. The lowest BCUT2D eigenvalue weighted by atomic mass is 10.1. The van der Waals surface area contributed by atoms with E-state index in [-0.39, 0.29) is 0 Å². The average Bonchev–Trinajstić information content (AvgIpc) is 3.36. The minimum Gasteiger partial charge on any atom is -0.495 e. The molecule has 1 aromatic heterocycles. The van der Waals surface area contributed by atoms with Gasteiger partial charge < -0.3 is 24.8 Å². The summed E-state index contributed by atoms with van der Waals surface area (Å²) in [5, 5.41) is 6.84. The van der Waals surface area contributed by atoms with E-state index in [0.29, 0.717) is 5.92 Å². The molecule has 26 heavy (non-hydrogen) atoms. The molecule has 140 valence electrons. The van der Waals surface area contributed by atoms with Gasteiger partial charge in [-0.3, -0.25) is 4.99 Å². The molecular weight excluding hydrogens is 326 g/mol. The number of aliphatic imine (C=N–C) groups is 1. The zero-order chi connectivity index (χ0) is 18.2. The maximum Gasteiger partial charge on any atom is 0.191 e. The largest absolute Gasteiger partial charge is 0.495 e. The smallest absolute Gasteiger partial charge is 0.191 e. The number of ether oxygens (including phenoxy) is 1. The highest BCUT2D eigenvalue weighted by molar-refractivity contribution is 5.79. The van der Waals surface area contributed by atoms with Crippen LogP contribution in [0.2, 0.25) is 0 Å². The molecule has 1 fully saturated rings. The van der Waals surface area contributed by atoms with Crippen LogP contribution in [0.1, 0.15) is 6.42 Å². The van der Waals surface area contributed by atoms with Crippen molar-refractivity contribution in [2.45, 2.75) is 13.0 Å². The number of benzene rings is 1. The molecule has 6 nitrogen and oxygen atoms in total. The third-order valence-corrected chi connectivity index (χ3v) is 4.82. The Labute approximate surface area is 155 Å². The van der Waals surface area contributed by atoms with Gasteiger partial charge in [-0.15, -0.1) is 0 Å². The van der Waals surface area contributed by atoms with Crippen molar-refractivity contribution in [2.24, 2.45) is 10.9 Å². The Kier molecular flexibility index (Phi) is 6.41. The van der Waals surface area contributed by atoms with Crippen molar-refractivity contribution >= 4 is 11.6 Å². The van der Waals surface area contributed by atoms with Gasteiger partial charge in [-0.05, 0) is 36.6 Å². The standard InChI is InChI=1S/C20H29N5O/c1-21-20(22-10-14-24-11-5-6-12-24)23-15-17-9-13-25(16-17)18-7-3-4-8-19(18)26-2/h3-8,11-12,17H,9-10,13-16H2,1-2H3,(H2,21,22,23). The van der Waals surface area contributed by atoms with Crippen LogP contribution < -0.4 is 20.3 Å². The van der Waals surface area contributed by atoms with Gasteiger partial charge in [0.05, 0.1) is 12.8 Å². The zero-order valence-corrected chi connectivity index (χ0v) is 15.7. The van der Waals surface area contributed by atoms with E-state index >= 15 is 0 Å². The second-order valence-corrected chi connectivity index (χ2v) is 6.57. The van der Waals surface area contributed by atoms with E-state index in [1.807, 2.05) is 31.3 Å². The zero-order valence-electron chi connectivity index (χ0n) is 15.7. The van der Waals surface area contributed by atoms with E-state index in [9.17, 15) is 0 Å². The Hall–Kier alpha value is -2.63. The number of guanidine groups is 1. The van der Waals surface area contributed by atoms with Crippen LogP contribution in [0.15, 0.2) is 53.8 Å². The third-order valence-electron chi connectivity index (χ3n) is 4.82. The van der Waals surface area contributed by atoms with E-state index in [1.165, 1.54) is 12.1 Å². The molecule has 0 radical (unpaired) electrons. The quantitative estimate of drug-likeness (QED) is 0.590. The van der Waals surface area contributed by atoms with E-state index in [0.717, 1.165) is 44.4 Å². The van der Waals surface area contributed by atoms with Crippen molar-refractivity contribution < 1.29 is 4.74 Å². The summed E-state index contributed by atoms with van der Waals surface area (Å²) in [5.41, 5.74) is 1.19. The monoisotopic (exact) mass is 355 g/mol. The highest BCUT2D eigenvalue weighted by Gasteiger charge is 2.24. The molecule has 2 aromatic rings. The fourth-order valence-electron chi connectivity index (χ4n) is 3.39. The summed E-state index contributed by atoms with van der Waals surface area (Å²) >= 11 is 0. The summed E-state index contributed by atoms with van der Waals surface area (Å²) in [4.78, 5) is 6.73. The van der Waals surface area contributed by atoms with Crippen molar-refractivity contribution in [3.63, 3.8) is 0 Å². The maximum atomic E-state index is 5.50. The minimum atomic E-state index is 0.600. The van der Waals surface area contributed by atoms with Crippen molar-refractivity contribution in [1.82, 2.24) is 15.2 Å². The van der Waals surface area contributed by atoms with Gasteiger partial charge in [0.2, 0.25) is 0 Å². The van der Waals surface area contributed by atoms with Crippen LogP contribution in [0.3, 0.4) is 0 Å². The molecule has 2 N–H and O–H groups in total. The lowest BCUT2D eigenvalue weighted by Crippen LogP contribution is -2.41. The van der Waals surface area contributed by atoms with Gasteiger partial charge in [0, 0.05) is 52.2 Å². The number of aromatic nitrogens is 1. The first-order valence-corrected chi connectivity index (χ1v) is 9.23. The molecular formula is C20H29N5O. The molecule has 1 saturated heterocycles. The Morgan fingerprint density at radius 2 is 2.00 bits per heavy atom. The first-order valence-electron chi connectivity index (χ1n) is 9.23. The van der Waals surface area contributed by atoms with Crippen LogP contribution in [0.4, 0.5) is 5.69 Å². The van der Waals surface area contributed by atoms with Crippen LogP contribution >= 0.6 is 0 Å². The molecule has 6 heteroatoms. The van der Waals surface area contributed by atoms with Gasteiger partial charge in [-0.25, -0.2) is 0 Å². The summed E-state index contributed by atoms with van der Waals surface area (Å²) in [6.07, 6.45) is 5.32. The Morgan fingerprint density at radius 1 is 1.19 bits per heavy atom. The van der Waals surface area contributed by atoms with Crippen molar-refractivity contribution in [3.05, 3.63) is 48.8 Å². The van der Waals surface area contributed by atoms with E-state index < -0.39 is 0 Å². The van der Waals surface area contributed by atoms with Crippen LogP contribution in [-0.4, -0.2) is 50.9 Å².